The van der Waals surface area contributed by atoms with Crippen LogP contribution in [0.15, 0.2) is 33.5 Å². The summed E-state index contributed by atoms with van der Waals surface area (Å²) in [6.07, 6.45) is 0.0226. The Labute approximate surface area is 125 Å². The van der Waals surface area contributed by atoms with Gasteiger partial charge in [0, 0.05) is 12.0 Å². The zero-order valence-electron chi connectivity index (χ0n) is 12.1. The average molecular weight is 302 g/mol. The Hall–Kier alpha value is -2.76. The molecule has 22 heavy (non-hydrogen) atoms. The van der Waals surface area contributed by atoms with E-state index >= 15 is 0 Å². The van der Waals surface area contributed by atoms with Crippen LogP contribution in [0.5, 0.6) is 17.2 Å². The van der Waals surface area contributed by atoms with Crippen LogP contribution in [0.1, 0.15) is 29.2 Å². The minimum Gasteiger partial charge on any atom is -0.504 e. The van der Waals surface area contributed by atoms with Crippen molar-refractivity contribution in [1.29, 1.82) is 0 Å². The van der Waals surface area contributed by atoms with Gasteiger partial charge in [-0.3, -0.25) is 4.79 Å². The fraction of sp³-hybridized carbons (Fsp3) is 0.250. The highest BCUT2D eigenvalue weighted by molar-refractivity contribution is 5.77. The van der Waals surface area contributed by atoms with E-state index in [2.05, 4.69) is 0 Å². The van der Waals surface area contributed by atoms with Gasteiger partial charge in [0.15, 0.2) is 11.5 Å². The quantitative estimate of drug-likeness (QED) is 0.855. The van der Waals surface area contributed by atoms with Crippen molar-refractivity contribution in [3.05, 3.63) is 51.6 Å². The summed E-state index contributed by atoms with van der Waals surface area (Å²) in [6.45, 7) is 1.61. The van der Waals surface area contributed by atoms with Crippen LogP contribution in [0.4, 0.5) is 0 Å². The van der Waals surface area contributed by atoms with E-state index in [1.54, 1.807) is 19.1 Å². The number of hydrogen-bond acceptors (Lipinski definition) is 6. The summed E-state index contributed by atoms with van der Waals surface area (Å²) < 4.78 is 15.3. The zero-order chi connectivity index (χ0) is 15.9. The molecule has 0 bridgehead atoms. The first-order chi connectivity index (χ1) is 10.5. The monoisotopic (exact) mass is 302 g/mol. The number of carbonyl (C=O) groups excluding carboxylic acids is 1. The molecule has 2 aromatic rings. The number of ether oxygens (including phenoxy) is 2. The molecule has 6 heteroatoms. The molecule has 0 saturated carbocycles. The van der Waals surface area contributed by atoms with Crippen molar-refractivity contribution in [2.24, 2.45) is 0 Å². The maximum atomic E-state index is 12.2. The van der Waals surface area contributed by atoms with E-state index in [0.29, 0.717) is 16.9 Å². The van der Waals surface area contributed by atoms with E-state index in [-0.39, 0.29) is 23.7 Å². The summed E-state index contributed by atoms with van der Waals surface area (Å²) in [7, 11) is 1.43. The number of methoxy groups -OCH3 is 1. The number of carbonyl (C=O) groups is 1. The molecule has 0 aliphatic carbocycles. The van der Waals surface area contributed by atoms with Gasteiger partial charge in [0.2, 0.25) is 0 Å². The Morgan fingerprint density at radius 2 is 2.05 bits per heavy atom. The van der Waals surface area contributed by atoms with Crippen LogP contribution < -0.4 is 15.1 Å². The summed E-state index contributed by atoms with van der Waals surface area (Å²) in [5, 5.41) is 9.67. The van der Waals surface area contributed by atoms with Crippen LogP contribution in [-0.2, 0) is 4.79 Å². The maximum Gasteiger partial charge on any atom is 0.343 e. The third kappa shape index (κ3) is 2.32. The van der Waals surface area contributed by atoms with Crippen LogP contribution in [0, 0.1) is 6.92 Å². The summed E-state index contributed by atoms with van der Waals surface area (Å²) in [4.78, 5) is 24.0. The molecule has 114 valence electrons. The van der Waals surface area contributed by atoms with Gasteiger partial charge < -0.3 is 19.0 Å². The molecule has 1 aromatic carbocycles. The largest absolute Gasteiger partial charge is 0.504 e. The van der Waals surface area contributed by atoms with Crippen LogP contribution >= 0.6 is 0 Å². The van der Waals surface area contributed by atoms with Gasteiger partial charge in [0.05, 0.1) is 19.1 Å². The first-order valence-electron chi connectivity index (χ1n) is 6.72. The number of aromatic hydroxyl groups is 1. The Bertz CT molecular complexity index is 805. The van der Waals surface area contributed by atoms with Gasteiger partial charge in [0.1, 0.15) is 11.5 Å². The van der Waals surface area contributed by atoms with Crippen molar-refractivity contribution in [3.8, 4) is 17.2 Å². The number of phenols is 1. The Kier molecular flexibility index (Phi) is 3.36. The van der Waals surface area contributed by atoms with Gasteiger partial charge in [0.25, 0.3) is 0 Å². The second-order valence-corrected chi connectivity index (χ2v) is 5.08. The first-order valence-corrected chi connectivity index (χ1v) is 6.72. The number of rotatable bonds is 2. The lowest BCUT2D eigenvalue weighted by molar-refractivity contribution is -0.135. The molecule has 0 spiro atoms. The van der Waals surface area contributed by atoms with Crippen molar-refractivity contribution in [2.45, 2.75) is 19.3 Å². The van der Waals surface area contributed by atoms with Gasteiger partial charge >= 0.3 is 11.6 Å². The highest BCUT2D eigenvalue weighted by Crippen LogP contribution is 2.39. The molecule has 1 aliphatic rings. The average Bonchev–Trinajstić information content (AvgIpc) is 2.46. The number of fused-ring (bicyclic) bond motifs is 1. The van der Waals surface area contributed by atoms with Crippen molar-refractivity contribution >= 4 is 5.97 Å². The molecule has 0 saturated heterocycles. The fourth-order valence-corrected chi connectivity index (χ4v) is 2.62. The fourth-order valence-electron chi connectivity index (χ4n) is 2.62. The van der Waals surface area contributed by atoms with Gasteiger partial charge in [-0.15, -0.1) is 0 Å². The molecule has 0 fully saturated rings. The van der Waals surface area contributed by atoms with Crippen LogP contribution in [0.2, 0.25) is 0 Å². The number of esters is 1. The summed E-state index contributed by atoms with van der Waals surface area (Å²) in [6, 6.07) is 6.23. The maximum absolute atomic E-state index is 12.2. The van der Waals surface area contributed by atoms with Crippen molar-refractivity contribution in [3.63, 3.8) is 0 Å². The molecule has 1 aromatic heterocycles. The standard InChI is InChI=1S/C16H14O6/c1-8-5-13-15(16(19)21-8)10(7-14(18)22-13)9-3-4-11(17)12(6-9)20-2/h3-6,10,17H,7H2,1-2H3/t10-/m1/s1. The molecule has 0 amide bonds. The number of phenolic OH excluding ortho intramolecular Hbond substituents is 1. The minimum absolute atomic E-state index is 0.0131. The van der Waals surface area contributed by atoms with Crippen molar-refractivity contribution in [1.82, 2.24) is 0 Å². The Balaban J connectivity index is 2.17. The Morgan fingerprint density at radius 1 is 1.27 bits per heavy atom. The topological polar surface area (TPSA) is 86.0 Å². The number of benzene rings is 1. The SMILES string of the molecule is COc1cc([C@H]2CC(=O)Oc3cc(C)oc(=O)c32)ccc1O. The minimum atomic E-state index is -0.528. The first kappa shape index (κ1) is 14.2. The lowest BCUT2D eigenvalue weighted by Gasteiger charge is -2.23. The summed E-state index contributed by atoms with van der Waals surface area (Å²) in [5.74, 6) is -0.0602. The molecule has 0 unspecified atom stereocenters. The molecule has 1 atom stereocenters. The number of hydrogen-bond donors (Lipinski definition) is 1. The summed E-state index contributed by atoms with van der Waals surface area (Å²) in [5.41, 5.74) is 0.446. The third-order valence-electron chi connectivity index (χ3n) is 3.62. The highest BCUT2D eigenvalue weighted by atomic mass is 16.5. The second kappa shape index (κ2) is 5.22. The zero-order valence-corrected chi connectivity index (χ0v) is 12.1. The van der Waals surface area contributed by atoms with E-state index in [4.69, 9.17) is 13.9 Å². The van der Waals surface area contributed by atoms with Gasteiger partial charge in [-0.2, -0.15) is 0 Å². The van der Waals surface area contributed by atoms with E-state index in [0.717, 1.165) is 0 Å². The van der Waals surface area contributed by atoms with E-state index in [9.17, 15) is 14.7 Å². The molecule has 0 radical (unpaired) electrons. The van der Waals surface area contributed by atoms with E-state index in [1.807, 2.05) is 0 Å². The second-order valence-electron chi connectivity index (χ2n) is 5.08. The van der Waals surface area contributed by atoms with E-state index < -0.39 is 17.5 Å². The predicted molar refractivity (Wildman–Crippen MR) is 76.5 cm³/mol. The summed E-state index contributed by atoms with van der Waals surface area (Å²) >= 11 is 0. The molecule has 1 aliphatic heterocycles. The molecule has 3 rings (SSSR count). The molecule has 2 heterocycles. The van der Waals surface area contributed by atoms with Crippen LogP contribution in [-0.4, -0.2) is 18.2 Å². The smallest absolute Gasteiger partial charge is 0.343 e. The third-order valence-corrected chi connectivity index (χ3v) is 3.62. The highest BCUT2D eigenvalue weighted by Gasteiger charge is 2.32. The molecular weight excluding hydrogens is 288 g/mol. The normalized spacial score (nSPS) is 16.8. The molecular formula is C16H14O6. The van der Waals surface area contributed by atoms with E-state index in [1.165, 1.54) is 19.2 Å². The predicted octanol–water partition coefficient (Wildman–Crippen LogP) is 2.10. The van der Waals surface area contributed by atoms with Gasteiger partial charge in [-0.1, -0.05) is 6.07 Å². The van der Waals surface area contributed by atoms with Gasteiger partial charge in [-0.25, -0.2) is 4.79 Å². The lowest BCUT2D eigenvalue weighted by Crippen LogP contribution is -2.26. The van der Waals surface area contributed by atoms with Crippen molar-refractivity contribution < 1.29 is 23.8 Å². The number of aryl methyl sites for hydroxylation is 1. The molecule has 1 N–H and O–H groups in total. The molecule has 6 nitrogen and oxygen atoms in total. The van der Waals surface area contributed by atoms with Gasteiger partial charge in [-0.05, 0) is 24.6 Å². The van der Waals surface area contributed by atoms with Crippen LogP contribution in [0.3, 0.4) is 0 Å². The van der Waals surface area contributed by atoms with Crippen LogP contribution in [0.25, 0.3) is 0 Å². The lowest BCUT2D eigenvalue weighted by atomic mass is 9.87. The van der Waals surface area contributed by atoms with Crippen molar-refractivity contribution in [2.75, 3.05) is 7.11 Å². The Morgan fingerprint density at radius 3 is 2.77 bits per heavy atom.